The van der Waals surface area contributed by atoms with Crippen molar-refractivity contribution < 1.29 is 19.1 Å². The normalized spacial score (nSPS) is 7.57. The summed E-state index contributed by atoms with van der Waals surface area (Å²) in [5.74, 6) is -0.535. The Hall–Kier alpha value is -1.58. The summed E-state index contributed by atoms with van der Waals surface area (Å²) < 4.78 is 8.57. The fourth-order valence-electron chi connectivity index (χ4n) is 0.473. The SMILES string of the molecule is C=COC(=O)CCC.C=COC(C)=O. The van der Waals surface area contributed by atoms with Gasteiger partial charge in [-0.15, -0.1) is 0 Å². The van der Waals surface area contributed by atoms with Crippen LogP contribution in [0.15, 0.2) is 25.7 Å². The summed E-state index contributed by atoms with van der Waals surface area (Å²) >= 11 is 0. The Morgan fingerprint density at radius 3 is 1.93 bits per heavy atom. The molecular weight excluding hydrogens is 184 g/mol. The van der Waals surface area contributed by atoms with Gasteiger partial charge in [0.15, 0.2) is 0 Å². The molecule has 0 aliphatic carbocycles. The zero-order chi connectivity index (χ0) is 11.4. The fraction of sp³-hybridized carbons (Fsp3) is 0.400. The summed E-state index contributed by atoms with van der Waals surface area (Å²) in [5, 5.41) is 0. The molecule has 4 heteroatoms. The highest BCUT2D eigenvalue weighted by atomic mass is 16.5. The number of rotatable bonds is 4. The molecule has 0 N–H and O–H groups in total. The molecule has 0 bridgehead atoms. The average Bonchev–Trinajstić information content (AvgIpc) is 2.05. The molecule has 80 valence electrons. The van der Waals surface area contributed by atoms with Crippen molar-refractivity contribution in [2.75, 3.05) is 0 Å². The van der Waals surface area contributed by atoms with Crippen LogP contribution >= 0.6 is 0 Å². The van der Waals surface area contributed by atoms with Crippen LogP contribution < -0.4 is 0 Å². The van der Waals surface area contributed by atoms with Crippen LogP contribution in [0.4, 0.5) is 0 Å². The molecule has 0 atom stereocenters. The Bertz CT molecular complexity index is 196. The molecule has 0 radical (unpaired) electrons. The van der Waals surface area contributed by atoms with Gasteiger partial charge in [-0.25, -0.2) is 0 Å². The molecule has 14 heavy (non-hydrogen) atoms. The Balaban J connectivity index is 0. The van der Waals surface area contributed by atoms with Crippen molar-refractivity contribution in [1.29, 1.82) is 0 Å². The highest BCUT2D eigenvalue weighted by molar-refractivity contribution is 5.69. The lowest BCUT2D eigenvalue weighted by Gasteiger charge is -1.92. The molecule has 0 aliphatic rings. The van der Waals surface area contributed by atoms with Crippen molar-refractivity contribution in [1.82, 2.24) is 0 Å². The molecule has 0 fully saturated rings. The molecule has 0 aliphatic heterocycles. The highest BCUT2D eigenvalue weighted by Crippen LogP contribution is 1.89. The van der Waals surface area contributed by atoms with Crippen molar-refractivity contribution >= 4 is 11.9 Å². The Labute approximate surface area is 84.2 Å². The lowest BCUT2D eigenvalue weighted by molar-refractivity contribution is -0.138. The van der Waals surface area contributed by atoms with Crippen LogP contribution in [0.2, 0.25) is 0 Å². The van der Waals surface area contributed by atoms with E-state index in [1.807, 2.05) is 6.92 Å². The molecule has 0 saturated carbocycles. The summed E-state index contributed by atoms with van der Waals surface area (Å²) in [7, 11) is 0. The molecule has 0 aromatic heterocycles. The summed E-state index contributed by atoms with van der Waals surface area (Å²) in [4.78, 5) is 20.1. The third-order valence-electron chi connectivity index (χ3n) is 0.918. The first-order chi connectivity index (χ1) is 6.58. The minimum atomic E-state index is -0.329. The largest absolute Gasteiger partial charge is 0.435 e. The zero-order valence-electron chi connectivity index (χ0n) is 8.62. The van der Waals surface area contributed by atoms with Gasteiger partial charge in [0.1, 0.15) is 0 Å². The van der Waals surface area contributed by atoms with Gasteiger partial charge in [0.2, 0.25) is 0 Å². The van der Waals surface area contributed by atoms with E-state index < -0.39 is 0 Å². The van der Waals surface area contributed by atoms with E-state index in [1.54, 1.807) is 0 Å². The first-order valence-corrected chi connectivity index (χ1v) is 4.17. The van der Waals surface area contributed by atoms with E-state index in [4.69, 9.17) is 0 Å². The second kappa shape index (κ2) is 11.4. The molecule has 0 amide bonds. The van der Waals surface area contributed by atoms with E-state index in [9.17, 15) is 9.59 Å². The van der Waals surface area contributed by atoms with Gasteiger partial charge in [0.25, 0.3) is 0 Å². The smallest absolute Gasteiger partial charge is 0.310 e. The Morgan fingerprint density at radius 1 is 1.21 bits per heavy atom. The quantitative estimate of drug-likeness (QED) is 0.515. The number of carbonyl (C=O) groups is 2. The molecule has 0 unspecified atom stereocenters. The van der Waals surface area contributed by atoms with Crippen LogP contribution in [-0.2, 0) is 19.1 Å². The average molecular weight is 200 g/mol. The van der Waals surface area contributed by atoms with Crippen LogP contribution in [0.5, 0.6) is 0 Å². The highest BCUT2D eigenvalue weighted by Gasteiger charge is 1.94. The van der Waals surface area contributed by atoms with E-state index in [-0.39, 0.29) is 11.9 Å². The lowest BCUT2D eigenvalue weighted by Crippen LogP contribution is -1.96. The van der Waals surface area contributed by atoms with Crippen molar-refractivity contribution in [2.45, 2.75) is 26.7 Å². The van der Waals surface area contributed by atoms with E-state index in [2.05, 4.69) is 22.6 Å². The van der Waals surface area contributed by atoms with Crippen LogP contribution in [0.3, 0.4) is 0 Å². The Morgan fingerprint density at radius 2 is 1.71 bits per heavy atom. The summed E-state index contributed by atoms with van der Waals surface area (Å²) in [6.07, 6.45) is 3.55. The molecule has 4 nitrogen and oxygen atoms in total. The third-order valence-corrected chi connectivity index (χ3v) is 0.918. The standard InChI is InChI=1S/C6H10O2.C4H6O2/c1-3-5-6(7)8-4-2;1-3-6-4(2)5/h4H,2-3,5H2,1H3;3H,1H2,2H3. The topological polar surface area (TPSA) is 52.6 Å². The predicted molar refractivity (Wildman–Crippen MR) is 53.2 cm³/mol. The minimum absolute atomic E-state index is 0.206. The number of hydrogen-bond donors (Lipinski definition) is 0. The van der Waals surface area contributed by atoms with E-state index in [0.717, 1.165) is 18.9 Å². The zero-order valence-corrected chi connectivity index (χ0v) is 8.62. The van der Waals surface area contributed by atoms with Gasteiger partial charge in [0, 0.05) is 13.3 Å². The lowest BCUT2D eigenvalue weighted by atomic mass is 10.3. The van der Waals surface area contributed by atoms with Gasteiger partial charge in [-0.05, 0) is 6.42 Å². The van der Waals surface area contributed by atoms with Gasteiger partial charge in [0.05, 0.1) is 12.5 Å². The predicted octanol–water partition coefficient (Wildman–Crippen LogP) is 2.17. The minimum Gasteiger partial charge on any atom is -0.435 e. The molecule has 0 aromatic rings. The summed E-state index contributed by atoms with van der Waals surface area (Å²) in [6.45, 7) is 9.64. The van der Waals surface area contributed by atoms with Crippen LogP contribution in [0, 0.1) is 0 Å². The van der Waals surface area contributed by atoms with E-state index in [0.29, 0.717) is 6.42 Å². The molecule has 0 saturated heterocycles. The van der Waals surface area contributed by atoms with Crippen LogP contribution in [-0.4, -0.2) is 11.9 Å². The van der Waals surface area contributed by atoms with Crippen molar-refractivity contribution in [3.05, 3.63) is 25.7 Å². The van der Waals surface area contributed by atoms with Gasteiger partial charge in [-0.2, -0.15) is 0 Å². The second-order valence-electron chi connectivity index (χ2n) is 2.18. The van der Waals surface area contributed by atoms with Crippen LogP contribution in [0.1, 0.15) is 26.7 Å². The maximum Gasteiger partial charge on any atom is 0.310 e. The maximum absolute atomic E-state index is 10.3. The summed E-state index contributed by atoms with van der Waals surface area (Å²) in [5.41, 5.74) is 0. The number of ether oxygens (including phenoxy) is 2. The van der Waals surface area contributed by atoms with Gasteiger partial charge >= 0.3 is 11.9 Å². The van der Waals surface area contributed by atoms with E-state index >= 15 is 0 Å². The number of hydrogen-bond acceptors (Lipinski definition) is 4. The second-order valence-corrected chi connectivity index (χ2v) is 2.18. The number of esters is 2. The maximum atomic E-state index is 10.3. The van der Waals surface area contributed by atoms with E-state index in [1.165, 1.54) is 6.92 Å². The van der Waals surface area contributed by atoms with Crippen molar-refractivity contribution in [3.8, 4) is 0 Å². The van der Waals surface area contributed by atoms with Crippen LogP contribution in [0.25, 0.3) is 0 Å². The first kappa shape index (κ1) is 14.9. The Kier molecular flexibility index (Phi) is 12.2. The molecule has 0 heterocycles. The molecule has 0 aromatic carbocycles. The third kappa shape index (κ3) is 16.8. The van der Waals surface area contributed by atoms with Crippen molar-refractivity contribution in [3.63, 3.8) is 0 Å². The van der Waals surface area contributed by atoms with Gasteiger partial charge in [-0.3, -0.25) is 9.59 Å². The van der Waals surface area contributed by atoms with Gasteiger partial charge in [-0.1, -0.05) is 20.1 Å². The monoisotopic (exact) mass is 200 g/mol. The fourth-order valence-corrected chi connectivity index (χ4v) is 0.473. The number of carbonyl (C=O) groups excluding carboxylic acids is 2. The molecule has 0 spiro atoms. The summed E-state index contributed by atoms with van der Waals surface area (Å²) in [6, 6.07) is 0. The van der Waals surface area contributed by atoms with Gasteiger partial charge < -0.3 is 9.47 Å². The molecular formula is C10H16O4. The first-order valence-electron chi connectivity index (χ1n) is 4.17. The molecule has 0 rings (SSSR count). The van der Waals surface area contributed by atoms with Crippen molar-refractivity contribution in [2.24, 2.45) is 0 Å².